The summed E-state index contributed by atoms with van der Waals surface area (Å²) in [4.78, 5) is 22.9. The number of rotatable bonds is 7. The summed E-state index contributed by atoms with van der Waals surface area (Å²) in [5.41, 5.74) is 3.55. The zero-order valence-corrected chi connectivity index (χ0v) is 17.2. The Morgan fingerprint density at radius 3 is 2.31 bits per heavy atom. The maximum Gasteiger partial charge on any atom is 0.269 e. The zero-order valence-electron chi connectivity index (χ0n) is 17.2. The number of aromatic nitrogens is 2. The molecule has 0 N–H and O–H groups in total. The second kappa shape index (κ2) is 9.09. The Morgan fingerprint density at radius 1 is 1.00 bits per heavy atom. The second-order valence-electron chi connectivity index (χ2n) is 6.94. The molecule has 4 aromatic rings. The monoisotopic (exact) mass is 425 g/mol. The van der Waals surface area contributed by atoms with Crippen molar-refractivity contribution in [3.05, 3.63) is 112 Å². The fraction of sp³-hybridized carbons (Fsp3) is 0.0400. The Labute approximate surface area is 184 Å². The van der Waals surface area contributed by atoms with Gasteiger partial charge in [0, 0.05) is 35.0 Å². The van der Waals surface area contributed by atoms with E-state index < -0.39 is 4.92 Å². The summed E-state index contributed by atoms with van der Waals surface area (Å²) in [5, 5.41) is 15.5. The molecule has 7 heteroatoms. The SMILES string of the molecule is COc1ccc(-c2nn(-c3ccccc3)cc2C=CC(=O)c2ccc([N+](=O)[O-])cc2)cc1. The van der Waals surface area contributed by atoms with Gasteiger partial charge in [-0.2, -0.15) is 5.10 Å². The third-order valence-electron chi connectivity index (χ3n) is 4.90. The van der Waals surface area contributed by atoms with Crippen LogP contribution in [0.2, 0.25) is 0 Å². The van der Waals surface area contributed by atoms with Gasteiger partial charge >= 0.3 is 0 Å². The van der Waals surface area contributed by atoms with E-state index in [4.69, 9.17) is 9.84 Å². The molecule has 0 aliphatic rings. The summed E-state index contributed by atoms with van der Waals surface area (Å²) in [6.45, 7) is 0. The van der Waals surface area contributed by atoms with Gasteiger partial charge in [0.05, 0.1) is 23.4 Å². The van der Waals surface area contributed by atoms with Crippen LogP contribution in [0.3, 0.4) is 0 Å². The van der Waals surface area contributed by atoms with Crippen LogP contribution in [-0.2, 0) is 0 Å². The van der Waals surface area contributed by atoms with Gasteiger partial charge in [-0.3, -0.25) is 14.9 Å². The van der Waals surface area contributed by atoms with Gasteiger partial charge in [0.25, 0.3) is 5.69 Å². The summed E-state index contributed by atoms with van der Waals surface area (Å²) in [6.07, 6.45) is 5.00. The fourth-order valence-electron chi connectivity index (χ4n) is 3.20. The van der Waals surface area contributed by atoms with E-state index in [1.54, 1.807) is 17.9 Å². The van der Waals surface area contributed by atoms with Gasteiger partial charge in [0.1, 0.15) is 5.75 Å². The molecule has 0 radical (unpaired) electrons. The molecule has 0 saturated carbocycles. The Bertz CT molecular complexity index is 1280. The van der Waals surface area contributed by atoms with E-state index in [0.29, 0.717) is 11.3 Å². The molecule has 0 atom stereocenters. The molecule has 7 nitrogen and oxygen atoms in total. The molecule has 32 heavy (non-hydrogen) atoms. The number of hydrogen-bond acceptors (Lipinski definition) is 5. The normalized spacial score (nSPS) is 10.9. The zero-order chi connectivity index (χ0) is 22.5. The summed E-state index contributed by atoms with van der Waals surface area (Å²) >= 11 is 0. The van der Waals surface area contributed by atoms with E-state index in [2.05, 4.69) is 0 Å². The maximum atomic E-state index is 12.6. The molecule has 0 aliphatic carbocycles. The third-order valence-corrected chi connectivity index (χ3v) is 4.90. The van der Waals surface area contributed by atoms with Gasteiger partial charge in [-0.1, -0.05) is 18.2 Å². The molecule has 3 aromatic carbocycles. The number of nitrogens with zero attached hydrogens (tertiary/aromatic N) is 3. The molecule has 0 amide bonds. The average molecular weight is 425 g/mol. The highest BCUT2D eigenvalue weighted by Crippen LogP contribution is 2.27. The summed E-state index contributed by atoms with van der Waals surface area (Å²) in [7, 11) is 1.61. The number of para-hydroxylation sites is 1. The predicted molar refractivity (Wildman–Crippen MR) is 122 cm³/mol. The lowest BCUT2D eigenvalue weighted by Crippen LogP contribution is -1.95. The molecule has 158 valence electrons. The number of benzene rings is 3. The molecule has 0 fully saturated rings. The molecule has 0 unspecified atom stereocenters. The molecular weight excluding hydrogens is 406 g/mol. The van der Waals surface area contributed by atoms with Crippen molar-refractivity contribution in [2.75, 3.05) is 7.11 Å². The van der Waals surface area contributed by atoms with Crippen molar-refractivity contribution in [3.63, 3.8) is 0 Å². The predicted octanol–water partition coefficient (Wildman–Crippen LogP) is 5.35. The summed E-state index contributed by atoms with van der Waals surface area (Å²) < 4.78 is 6.99. The van der Waals surface area contributed by atoms with Crippen molar-refractivity contribution in [1.29, 1.82) is 0 Å². The van der Waals surface area contributed by atoms with Crippen LogP contribution in [-0.4, -0.2) is 27.6 Å². The van der Waals surface area contributed by atoms with Crippen molar-refractivity contribution in [2.24, 2.45) is 0 Å². The first-order valence-corrected chi connectivity index (χ1v) is 9.81. The van der Waals surface area contributed by atoms with Crippen molar-refractivity contribution >= 4 is 17.5 Å². The number of nitro benzene ring substituents is 1. The number of allylic oxidation sites excluding steroid dienone is 1. The highest BCUT2D eigenvalue weighted by molar-refractivity contribution is 6.07. The quantitative estimate of drug-likeness (QED) is 0.172. The molecular formula is C25H19N3O4. The van der Waals surface area contributed by atoms with Gasteiger partial charge in [-0.25, -0.2) is 4.68 Å². The lowest BCUT2D eigenvalue weighted by Gasteiger charge is -2.02. The van der Waals surface area contributed by atoms with Crippen LogP contribution in [0.15, 0.2) is 91.1 Å². The van der Waals surface area contributed by atoms with Crippen molar-refractivity contribution in [3.8, 4) is 22.7 Å². The minimum Gasteiger partial charge on any atom is -0.497 e. The van der Waals surface area contributed by atoms with Crippen LogP contribution in [0.25, 0.3) is 23.0 Å². The first kappa shape index (κ1) is 20.7. The molecule has 1 heterocycles. The second-order valence-corrected chi connectivity index (χ2v) is 6.94. The highest BCUT2D eigenvalue weighted by Gasteiger charge is 2.12. The van der Waals surface area contributed by atoms with Crippen LogP contribution < -0.4 is 4.74 Å². The van der Waals surface area contributed by atoms with E-state index in [1.165, 1.54) is 30.3 Å². The third kappa shape index (κ3) is 4.46. The molecule has 0 bridgehead atoms. The summed E-state index contributed by atoms with van der Waals surface area (Å²) in [6, 6.07) is 22.7. The van der Waals surface area contributed by atoms with Crippen molar-refractivity contribution < 1.29 is 14.5 Å². The van der Waals surface area contributed by atoms with Crippen molar-refractivity contribution in [2.45, 2.75) is 0 Å². The average Bonchev–Trinajstić information content (AvgIpc) is 3.27. The number of carbonyl (C=O) groups is 1. The molecule has 0 aliphatic heterocycles. The van der Waals surface area contributed by atoms with Gasteiger partial charge in [0.2, 0.25) is 0 Å². The number of methoxy groups -OCH3 is 1. The number of ketones is 1. The van der Waals surface area contributed by atoms with Gasteiger partial charge in [-0.15, -0.1) is 0 Å². The van der Waals surface area contributed by atoms with Crippen LogP contribution in [0.1, 0.15) is 15.9 Å². The van der Waals surface area contributed by atoms with Gasteiger partial charge in [0.15, 0.2) is 5.78 Å². The topological polar surface area (TPSA) is 87.3 Å². The fourth-order valence-corrected chi connectivity index (χ4v) is 3.20. The largest absolute Gasteiger partial charge is 0.497 e. The standard InChI is InChI=1S/C25H19N3O4/c1-32-23-14-9-19(10-15-23)25-20(17-27(26-25)21-5-3-2-4-6-21)11-16-24(29)18-7-12-22(13-8-18)28(30)31/h2-17H,1H3. The highest BCUT2D eigenvalue weighted by atomic mass is 16.6. The van der Waals surface area contributed by atoms with Gasteiger partial charge < -0.3 is 4.74 Å². The van der Waals surface area contributed by atoms with E-state index in [-0.39, 0.29) is 11.5 Å². The van der Waals surface area contributed by atoms with Crippen LogP contribution in [0.5, 0.6) is 5.75 Å². The number of carbonyl (C=O) groups excluding carboxylic acids is 1. The Balaban J connectivity index is 1.68. The summed E-state index contributed by atoms with van der Waals surface area (Å²) in [5.74, 6) is 0.481. The molecule has 0 spiro atoms. The van der Waals surface area contributed by atoms with E-state index in [1.807, 2.05) is 60.8 Å². The lowest BCUT2D eigenvalue weighted by molar-refractivity contribution is -0.384. The molecule has 4 rings (SSSR count). The minimum absolute atomic E-state index is 0.0588. The first-order valence-electron chi connectivity index (χ1n) is 9.81. The van der Waals surface area contributed by atoms with E-state index in [9.17, 15) is 14.9 Å². The number of nitro groups is 1. The van der Waals surface area contributed by atoms with Gasteiger partial charge in [-0.05, 0) is 60.7 Å². The maximum absolute atomic E-state index is 12.6. The Hall–Kier alpha value is -4.52. The van der Waals surface area contributed by atoms with Crippen LogP contribution >= 0.6 is 0 Å². The molecule has 1 aromatic heterocycles. The Morgan fingerprint density at radius 2 is 1.69 bits per heavy atom. The number of hydrogen-bond donors (Lipinski definition) is 0. The Kier molecular flexibility index (Phi) is 5.89. The van der Waals surface area contributed by atoms with E-state index >= 15 is 0 Å². The smallest absolute Gasteiger partial charge is 0.269 e. The minimum atomic E-state index is -0.497. The van der Waals surface area contributed by atoms with Crippen molar-refractivity contribution in [1.82, 2.24) is 9.78 Å². The van der Waals surface area contributed by atoms with Crippen LogP contribution in [0.4, 0.5) is 5.69 Å². The molecule has 0 saturated heterocycles. The number of ether oxygens (including phenoxy) is 1. The van der Waals surface area contributed by atoms with E-state index in [0.717, 1.165) is 22.6 Å². The first-order chi connectivity index (χ1) is 15.5. The lowest BCUT2D eigenvalue weighted by atomic mass is 10.1. The van der Waals surface area contributed by atoms with Crippen LogP contribution in [0, 0.1) is 10.1 Å². The number of non-ortho nitro benzene ring substituents is 1.